The van der Waals surface area contributed by atoms with Gasteiger partial charge in [0.2, 0.25) is 0 Å². The molecule has 1 aromatic rings. The first-order valence-corrected chi connectivity index (χ1v) is 6.70. The Kier molecular flexibility index (Phi) is 4.90. The molecular weight excluding hydrogens is 226 g/mol. The number of anilines is 1. The second-order valence-corrected chi connectivity index (χ2v) is 4.98. The average molecular weight is 249 g/mol. The van der Waals surface area contributed by atoms with Crippen LogP contribution in [-0.4, -0.2) is 55.4 Å². The van der Waals surface area contributed by atoms with Gasteiger partial charge in [0.05, 0.1) is 5.69 Å². The molecule has 1 aromatic heterocycles. The summed E-state index contributed by atoms with van der Waals surface area (Å²) in [6.45, 7) is 4.10. The van der Waals surface area contributed by atoms with Crippen molar-refractivity contribution < 1.29 is 0 Å². The Bertz CT molecular complexity index is 351. The summed E-state index contributed by atoms with van der Waals surface area (Å²) in [6.07, 6.45) is 2.48. The third kappa shape index (κ3) is 3.65. The van der Waals surface area contributed by atoms with Crippen molar-refractivity contribution in [3.63, 3.8) is 0 Å². The van der Waals surface area contributed by atoms with E-state index in [0.29, 0.717) is 5.92 Å². The van der Waals surface area contributed by atoms with Gasteiger partial charge < -0.3 is 15.5 Å². The van der Waals surface area contributed by atoms with Crippen LogP contribution in [0, 0.1) is 0 Å². The molecule has 1 fully saturated rings. The molecule has 1 saturated heterocycles. The number of hydrogen-bond acceptors (Lipinski definition) is 5. The number of hydrogen-bond donors (Lipinski definition) is 2. The highest BCUT2D eigenvalue weighted by atomic mass is 15.2. The van der Waals surface area contributed by atoms with Crippen molar-refractivity contribution in [1.82, 2.24) is 20.4 Å². The van der Waals surface area contributed by atoms with Crippen LogP contribution in [0.1, 0.15) is 24.5 Å². The molecule has 0 spiro atoms. The normalized spacial score (nSPS) is 20.9. The lowest BCUT2D eigenvalue weighted by atomic mass is 9.95. The molecule has 0 radical (unpaired) electrons. The van der Waals surface area contributed by atoms with Crippen molar-refractivity contribution in [2.45, 2.75) is 18.8 Å². The number of piperidine rings is 1. The Hall–Kier alpha value is -1.20. The minimum absolute atomic E-state index is 0.544. The summed E-state index contributed by atoms with van der Waals surface area (Å²) >= 11 is 0. The molecule has 1 atom stereocenters. The SMILES string of the molecule is CNCCNc1ccc(C2CCCN(C)C2)nn1. The quantitative estimate of drug-likeness (QED) is 0.760. The van der Waals surface area contributed by atoms with E-state index in [2.05, 4.69) is 38.8 Å². The van der Waals surface area contributed by atoms with Crippen LogP contribution < -0.4 is 10.6 Å². The smallest absolute Gasteiger partial charge is 0.148 e. The molecule has 2 rings (SSSR count). The molecule has 0 aromatic carbocycles. The highest BCUT2D eigenvalue weighted by molar-refractivity contribution is 5.33. The van der Waals surface area contributed by atoms with Crippen molar-refractivity contribution in [2.24, 2.45) is 0 Å². The standard InChI is InChI=1S/C13H23N5/c1-14-7-8-15-13-6-5-12(16-17-13)11-4-3-9-18(2)10-11/h5-6,11,14H,3-4,7-10H2,1-2H3,(H,15,17). The van der Waals surface area contributed by atoms with Crippen LogP contribution in [0.2, 0.25) is 0 Å². The first-order valence-electron chi connectivity index (χ1n) is 6.70. The zero-order valence-electron chi connectivity index (χ0n) is 11.3. The Balaban J connectivity index is 1.90. The van der Waals surface area contributed by atoms with E-state index >= 15 is 0 Å². The van der Waals surface area contributed by atoms with E-state index in [9.17, 15) is 0 Å². The molecule has 1 aliphatic rings. The summed E-state index contributed by atoms with van der Waals surface area (Å²) < 4.78 is 0. The molecule has 0 amide bonds. The lowest BCUT2D eigenvalue weighted by Crippen LogP contribution is -2.31. The summed E-state index contributed by atoms with van der Waals surface area (Å²) in [6, 6.07) is 4.14. The number of likely N-dealkylation sites (tertiary alicyclic amines) is 1. The van der Waals surface area contributed by atoms with Crippen LogP contribution in [0.25, 0.3) is 0 Å². The van der Waals surface area contributed by atoms with E-state index < -0.39 is 0 Å². The van der Waals surface area contributed by atoms with E-state index in [0.717, 1.165) is 31.1 Å². The van der Waals surface area contributed by atoms with Gasteiger partial charge in [-0.15, -0.1) is 5.10 Å². The summed E-state index contributed by atoms with van der Waals surface area (Å²) in [7, 11) is 4.11. The van der Waals surface area contributed by atoms with Gasteiger partial charge in [0, 0.05) is 25.6 Å². The van der Waals surface area contributed by atoms with Gasteiger partial charge in [-0.25, -0.2) is 0 Å². The van der Waals surface area contributed by atoms with Gasteiger partial charge in [-0.2, -0.15) is 5.10 Å². The molecule has 0 saturated carbocycles. The maximum atomic E-state index is 4.36. The third-order valence-electron chi connectivity index (χ3n) is 3.41. The minimum Gasteiger partial charge on any atom is -0.367 e. The number of likely N-dealkylation sites (N-methyl/N-ethyl adjacent to an activating group) is 2. The maximum Gasteiger partial charge on any atom is 0.148 e. The summed E-state index contributed by atoms with van der Waals surface area (Å²) in [5.41, 5.74) is 1.13. The van der Waals surface area contributed by atoms with Crippen LogP contribution >= 0.6 is 0 Å². The van der Waals surface area contributed by atoms with E-state index in [1.54, 1.807) is 0 Å². The molecule has 100 valence electrons. The molecule has 5 nitrogen and oxygen atoms in total. The van der Waals surface area contributed by atoms with Crippen molar-refractivity contribution in [1.29, 1.82) is 0 Å². The summed E-state index contributed by atoms with van der Waals surface area (Å²) in [5, 5.41) is 14.9. The highest BCUT2D eigenvalue weighted by Gasteiger charge is 2.20. The molecule has 5 heteroatoms. The molecule has 0 bridgehead atoms. The second kappa shape index (κ2) is 6.66. The van der Waals surface area contributed by atoms with Crippen molar-refractivity contribution in [2.75, 3.05) is 45.6 Å². The molecule has 0 aliphatic carbocycles. The molecule has 1 aliphatic heterocycles. The first kappa shape index (κ1) is 13.2. The summed E-state index contributed by atoms with van der Waals surface area (Å²) in [4.78, 5) is 2.37. The topological polar surface area (TPSA) is 53.1 Å². The number of nitrogens with one attached hydrogen (secondary N) is 2. The lowest BCUT2D eigenvalue weighted by Gasteiger charge is -2.28. The van der Waals surface area contributed by atoms with Gasteiger partial charge >= 0.3 is 0 Å². The minimum atomic E-state index is 0.544. The first-order chi connectivity index (χ1) is 8.79. The van der Waals surface area contributed by atoms with E-state index in [1.807, 2.05) is 13.1 Å². The van der Waals surface area contributed by atoms with Crippen molar-refractivity contribution in [3.8, 4) is 0 Å². The summed E-state index contributed by atoms with van der Waals surface area (Å²) in [5.74, 6) is 1.40. The number of nitrogens with zero attached hydrogens (tertiary/aromatic N) is 3. The Morgan fingerprint density at radius 3 is 2.89 bits per heavy atom. The predicted octanol–water partition coefficient (Wildman–Crippen LogP) is 0.917. The fraction of sp³-hybridized carbons (Fsp3) is 0.692. The molecular formula is C13H23N5. The largest absolute Gasteiger partial charge is 0.367 e. The molecule has 1 unspecified atom stereocenters. The van der Waals surface area contributed by atoms with Crippen LogP contribution in [0.15, 0.2) is 12.1 Å². The number of rotatable bonds is 5. The van der Waals surface area contributed by atoms with E-state index in [-0.39, 0.29) is 0 Å². The Labute approximate surface area is 109 Å². The number of aromatic nitrogens is 2. The van der Waals surface area contributed by atoms with Crippen molar-refractivity contribution in [3.05, 3.63) is 17.8 Å². The van der Waals surface area contributed by atoms with Gasteiger partial charge in [-0.1, -0.05) is 0 Å². The predicted molar refractivity (Wildman–Crippen MR) is 73.9 cm³/mol. The third-order valence-corrected chi connectivity index (χ3v) is 3.41. The van der Waals surface area contributed by atoms with Crippen molar-refractivity contribution >= 4 is 5.82 Å². The fourth-order valence-corrected chi connectivity index (χ4v) is 2.38. The van der Waals surface area contributed by atoms with Gasteiger partial charge in [0.15, 0.2) is 0 Å². The van der Waals surface area contributed by atoms with Gasteiger partial charge in [-0.05, 0) is 45.6 Å². The van der Waals surface area contributed by atoms with Crippen LogP contribution in [0.5, 0.6) is 0 Å². The Morgan fingerprint density at radius 2 is 2.22 bits per heavy atom. The molecule has 18 heavy (non-hydrogen) atoms. The average Bonchev–Trinajstić information content (AvgIpc) is 2.40. The van der Waals surface area contributed by atoms with Gasteiger partial charge in [0.25, 0.3) is 0 Å². The molecule has 2 N–H and O–H groups in total. The zero-order valence-corrected chi connectivity index (χ0v) is 11.3. The van der Waals surface area contributed by atoms with Crippen LogP contribution in [0.4, 0.5) is 5.82 Å². The lowest BCUT2D eigenvalue weighted by molar-refractivity contribution is 0.248. The van der Waals surface area contributed by atoms with Crippen LogP contribution in [0.3, 0.4) is 0 Å². The monoisotopic (exact) mass is 249 g/mol. The maximum absolute atomic E-state index is 4.36. The Morgan fingerprint density at radius 1 is 1.33 bits per heavy atom. The zero-order chi connectivity index (χ0) is 12.8. The fourth-order valence-electron chi connectivity index (χ4n) is 2.38. The molecule has 2 heterocycles. The second-order valence-electron chi connectivity index (χ2n) is 4.98. The van der Waals surface area contributed by atoms with E-state index in [1.165, 1.54) is 19.4 Å². The van der Waals surface area contributed by atoms with E-state index in [4.69, 9.17) is 0 Å². The van der Waals surface area contributed by atoms with Gasteiger partial charge in [-0.3, -0.25) is 0 Å². The van der Waals surface area contributed by atoms with Gasteiger partial charge in [0.1, 0.15) is 5.82 Å². The highest BCUT2D eigenvalue weighted by Crippen LogP contribution is 2.24. The van der Waals surface area contributed by atoms with Crippen LogP contribution in [-0.2, 0) is 0 Å².